The standard InChI is InChI=1S/C25H46O5/c1-22(2,3)18-24(7,8)14-12-11-13-19(21(27)28)17-20(26)30-25(9,10)15-16-29-23(4,5)6/h11-12,19H,13-18H2,1-10H3,(H,27,28)/b12-11+. The van der Waals surface area contributed by atoms with Crippen LogP contribution < -0.4 is 0 Å². The summed E-state index contributed by atoms with van der Waals surface area (Å²) in [5.74, 6) is -2.23. The Morgan fingerprint density at radius 2 is 1.50 bits per heavy atom. The summed E-state index contributed by atoms with van der Waals surface area (Å²) in [6, 6.07) is 0. The number of allylic oxidation sites excluding steroid dienone is 2. The highest BCUT2D eigenvalue weighted by atomic mass is 16.6. The molecule has 0 aliphatic rings. The average molecular weight is 427 g/mol. The number of carboxylic acid groups (broad SMARTS) is 1. The van der Waals surface area contributed by atoms with E-state index in [1.807, 2.05) is 46.8 Å². The average Bonchev–Trinajstić information content (AvgIpc) is 2.45. The zero-order valence-corrected chi connectivity index (χ0v) is 21.1. The summed E-state index contributed by atoms with van der Waals surface area (Å²) in [6.45, 7) is 21.2. The molecule has 30 heavy (non-hydrogen) atoms. The van der Waals surface area contributed by atoms with Crippen molar-refractivity contribution in [1.29, 1.82) is 0 Å². The van der Waals surface area contributed by atoms with E-state index in [9.17, 15) is 14.7 Å². The molecule has 0 fully saturated rings. The van der Waals surface area contributed by atoms with Crippen molar-refractivity contribution >= 4 is 11.9 Å². The Morgan fingerprint density at radius 1 is 0.933 bits per heavy atom. The molecule has 0 aromatic carbocycles. The van der Waals surface area contributed by atoms with E-state index in [1.165, 1.54) is 0 Å². The van der Waals surface area contributed by atoms with Crippen molar-refractivity contribution in [2.75, 3.05) is 6.61 Å². The molecule has 5 heteroatoms. The van der Waals surface area contributed by atoms with Gasteiger partial charge in [0.2, 0.25) is 0 Å². The molecule has 0 spiro atoms. The largest absolute Gasteiger partial charge is 0.481 e. The summed E-state index contributed by atoms with van der Waals surface area (Å²) in [5, 5.41) is 9.50. The van der Waals surface area contributed by atoms with E-state index in [2.05, 4.69) is 34.6 Å². The van der Waals surface area contributed by atoms with Crippen LogP contribution in [0.4, 0.5) is 0 Å². The van der Waals surface area contributed by atoms with Gasteiger partial charge in [0.25, 0.3) is 0 Å². The number of ether oxygens (including phenoxy) is 2. The fraction of sp³-hybridized carbons (Fsp3) is 0.840. The van der Waals surface area contributed by atoms with Gasteiger partial charge in [-0.15, -0.1) is 0 Å². The Labute approximate surface area is 184 Å². The van der Waals surface area contributed by atoms with Gasteiger partial charge in [-0.25, -0.2) is 0 Å². The number of carboxylic acids is 1. The summed E-state index contributed by atoms with van der Waals surface area (Å²) in [6.07, 6.45) is 6.63. The Hall–Kier alpha value is -1.36. The first-order chi connectivity index (χ1) is 13.3. The molecule has 0 aliphatic carbocycles. The number of carbonyl (C=O) groups excluding carboxylic acids is 1. The maximum absolute atomic E-state index is 12.3. The third kappa shape index (κ3) is 15.5. The zero-order chi connectivity index (χ0) is 23.8. The van der Waals surface area contributed by atoms with Gasteiger partial charge in [0.15, 0.2) is 0 Å². The highest BCUT2D eigenvalue weighted by molar-refractivity contribution is 5.79. The molecule has 0 heterocycles. The number of carbonyl (C=O) groups is 2. The van der Waals surface area contributed by atoms with Crippen molar-refractivity contribution in [2.24, 2.45) is 16.7 Å². The van der Waals surface area contributed by atoms with Crippen LogP contribution in [0.15, 0.2) is 12.2 Å². The van der Waals surface area contributed by atoms with Crippen molar-refractivity contribution in [3.05, 3.63) is 12.2 Å². The second kappa shape index (κ2) is 11.3. The van der Waals surface area contributed by atoms with E-state index < -0.39 is 23.5 Å². The molecule has 1 N–H and O–H groups in total. The summed E-state index contributed by atoms with van der Waals surface area (Å²) in [7, 11) is 0. The summed E-state index contributed by atoms with van der Waals surface area (Å²) in [4.78, 5) is 23.9. The van der Waals surface area contributed by atoms with E-state index in [-0.39, 0.29) is 22.9 Å². The second-order valence-corrected chi connectivity index (χ2v) is 12.0. The SMILES string of the molecule is CC(C)(C)CC(C)(C)C/C=C/CC(CC(=O)OC(C)(C)CCOC(C)(C)C)C(=O)O. The van der Waals surface area contributed by atoms with Crippen molar-refractivity contribution in [1.82, 2.24) is 0 Å². The quantitative estimate of drug-likeness (QED) is 0.288. The van der Waals surface area contributed by atoms with Gasteiger partial charge in [-0.05, 0) is 64.7 Å². The van der Waals surface area contributed by atoms with Crippen LogP contribution in [0.5, 0.6) is 0 Å². The number of hydrogen-bond acceptors (Lipinski definition) is 4. The highest BCUT2D eigenvalue weighted by Gasteiger charge is 2.28. The van der Waals surface area contributed by atoms with Crippen molar-refractivity contribution < 1.29 is 24.2 Å². The van der Waals surface area contributed by atoms with Gasteiger partial charge in [0.05, 0.1) is 24.5 Å². The molecule has 5 nitrogen and oxygen atoms in total. The van der Waals surface area contributed by atoms with Gasteiger partial charge in [0.1, 0.15) is 5.60 Å². The molecule has 0 aromatic rings. The molecule has 0 rings (SSSR count). The molecule has 0 aliphatic heterocycles. The molecule has 176 valence electrons. The van der Waals surface area contributed by atoms with E-state index in [0.717, 1.165) is 12.8 Å². The van der Waals surface area contributed by atoms with Crippen molar-refractivity contribution in [3.63, 3.8) is 0 Å². The maximum Gasteiger partial charge on any atom is 0.307 e. The number of aliphatic carboxylic acids is 1. The van der Waals surface area contributed by atoms with Crippen LogP contribution in [0.1, 0.15) is 101 Å². The highest BCUT2D eigenvalue weighted by Crippen LogP contribution is 2.36. The lowest BCUT2D eigenvalue weighted by molar-refractivity contribution is -0.163. The molecule has 1 atom stereocenters. The van der Waals surface area contributed by atoms with E-state index >= 15 is 0 Å². The third-order valence-electron chi connectivity index (χ3n) is 4.66. The van der Waals surface area contributed by atoms with Gasteiger partial charge in [-0.3, -0.25) is 9.59 Å². The Morgan fingerprint density at radius 3 is 1.97 bits per heavy atom. The predicted molar refractivity (Wildman–Crippen MR) is 122 cm³/mol. The Balaban J connectivity index is 4.64. The van der Waals surface area contributed by atoms with Crippen LogP contribution >= 0.6 is 0 Å². The number of hydrogen-bond donors (Lipinski definition) is 1. The smallest absolute Gasteiger partial charge is 0.307 e. The van der Waals surface area contributed by atoms with E-state index in [1.54, 1.807) is 0 Å². The maximum atomic E-state index is 12.3. The molecule has 0 saturated carbocycles. The van der Waals surface area contributed by atoms with Gasteiger partial charge >= 0.3 is 11.9 Å². The summed E-state index contributed by atoms with van der Waals surface area (Å²) >= 11 is 0. The minimum Gasteiger partial charge on any atom is -0.481 e. The molecule has 0 radical (unpaired) electrons. The first-order valence-electron chi connectivity index (χ1n) is 11.1. The predicted octanol–water partition coefficient (Wildman–Crippen LogP) is 6.40. The zero-order valence-electron chi connectivity index (χ0n) is 21.1. The topological polar surface area (TPSA) is 72.8 Å². The lowest BCUT2D eigenvalue weighted by Crippen LogP contribution is -2.32. The minimum atomic E-state index is -0.973. The first-order valence-corrected chi connectivity index (χ1v) is 11.1. The van der Waals surface area contributed by atoms with Gasteiger partial charge < -0.3 is 14.6 Å². The van der Waals surface area contributed by atoms with Gasteiger partial charge in [-0.1, -0.05) is 46.8 Å². The molecular weight excluding hydrogens is 380 g/mol. The fourth-order valence-electron chi connectivity index (χ4n) is 3.65. The number of esters is 1. The molecule has 0 saturated heterocycles. The van der Waals surface area contributed by atoms with Crippen molar-refractivity contribution in [2.45, 2.75) is 113 Å². The van der Waals surface area contributed by atoms with Crippen LogP contribution in [0.3, 0.4) is 0 Å². The molecular formula is C25H46O5. The molecule has 0 bridgehead atoms. The first kappa shape index (κ1) is 28.6. The lowest BCUT2D eigenvalue weighted by atomic mass is 9.74. The number of rotatable bonds is 12. The van der Waals surface area contributed by atoms with Crippen LogP contribution in [0.25, 0.3) is 0 Å². The monoisotopic (exact) mass is 426 g/mol. The van der Waals surface area contributed by atoms with E-state index in [0.29, 0.717) is 19.4 Å². The third-order valence-corrected chi connectivity index (χ3v) is 4.66. The summed E-state index contributed by atoms with van der Waals surface area (Å²) in [5.41, 5.74) is -0.554. The normalized spacial score (nSPS) is 14.7. The van der Waals surface area contributed by atoms with Crippen LogP contribution in [-0.4, -0.2) is 34.9 Å². The van der Waals surface area contributed by atoms with E-state index in [4.69, 9.17) is 9.47 Å². The van der Waals surface area contributed by atoms with Crippen LogP contribution in [0, 0.1) is 16.7 Å². The summed E-state index contributed by atoms with van der Waals surface area (Å²) < 4.78 is 11.2. The Kier molecular flexibility index (Phi) is 10.8. The Bertz CT molecular complexity index is 573. The molecule has 0 aromatic heterocycles. The van der Waals surface area contributed by atoms with Gasteiger partial charge in [0, 0.05) is 6.42 Å². The van der Waals surface area contributed by atoms with Crippen LogP contribution in [-0.2, 0) is 19.1 Å². The van der Waals surface area contributed by atoms with Gasteiger partial charge in [-0.2, -0.15) is 0 Å². The second-order valence-electron chi connectivity index (χ2n) is 12.0. The minimum absolute atomic E-state index is 0.130. The lowest BCUT2D eigenvalue weighted by Gasteiger charge is -2.31. The molecule has 1 unspecified atom stereocenters. The van der Waals surface area contributed by atoms with Crippen molar-refractivity contribution in [3.8, 4) is 0 Å². The fourth-order valence-corrected chi connectivity index (χ4v) is 3.65. The van der Waals surface area contributed by atoms with Crippen LogP contribution in [0.2, 0.25) is 0 Å². The molecule has 0 amide bonds.